The molecule has 0 unspecified atom stereocenters. The van der Waals surface area contributed by atoms with E-state index in [-0.39, 0.29) is 0 Å². The third-order valence-corrected chi connectivity index (χ3v) is 5.07. The number of aromatic nitrogens is 5. The molecule has 0 atom stereocenters. The zero-order valence-corrected chi connectivity index (χ0v) is 16.6. The second-order valence-electron chi connectivity index (χ2n) is 7.10. The lowest BCUT2D eigenvalue weighted by Crippen LogP contribution is -2.05. The molecule has 4 aromatic rings. The molecule has 5 nitrogen and oxygen atoms in total. The van der Waals surface area contributed by atoms with Crippen molar-refractivity contribution in [2.75, 3.05) is 0 Å². The Morgan fingerprint density at radius 3 is 2.61 bits per heavy atom. The van der Waals surface area contributed by atoms with Gasteiger partial charge in [0.1, 0.15) is 11.3 Å². The molecule has 0 saturated heterocycles. The fourth-order valence-electron chi connectivity index (χ4n) is 3.34. The molecule has 4 rings (SSSR count). The van der Waals surface area contributed by atoms with Crippen LogP contribution in [0.4, 0.5) is 0 Å². The van der Waals surface area contributed by atoms with Crippen molar-refractivity contribution in [3.63, 3.8) is 0 Å². The Hall–Kier alpha value is -3.21. The number of pyridine rings is 1. The van der Waals surface area contributed by atoms with Crippen LogP contribution in [0.5, 0.6) is 0 Å². The molecule has 0 aliphatic carbocycles. The summed E-state index contributed by atoms with van der Waals surface area (Å²) in [6.07, 6.45) is 10.8. The van der Waals surface area contributed by atoms with Gasteiger partial charge in [-0.3, -0.25) is 0 Å². The van der Waals surface area contributed by atoms with Crippen LogP contribution in [0.2, 0.25) is 0 Å². The Balaban J connectivity index is 1.54. The minimum Gasteiger partial charge on any atom is -0.334 e. The molecule has 0 spiro atoms. The molecule has 142 valence electrons. The first-order valence-corrected chi connectivity index (χ1v) is 9.68. The summed E-state index contributed by atoms with van der Waals surface area (Å²) in [5.74, 6) is 1.08. The summed E-state index contributed by atoms with van der Waals surface area (Å²) >= 11 is 0. The Morgan fingerprint density at radius 2 is 1.89 bits per heavy atom. The molecule has 1 aromatic carbocycles. The quantitative estimate of drug-likeness (QED) is 0.499. The van der Waals surface area contributed by atoms with Crippen LogP contribution in [0.15, 0.2) is 55.1 Å². The molecule has 3 heterocycles. The van der Waals surface area contributed by atoms with Crippen LogP contribution in [0, 0.1) is 13.8 Å². The average molecular weight is 371 g/mol. The number of hydrogen-bond acceptors (Lipinski definition) is 3. The summed E-state index contributed by atoms with van der Waals surface area (Å²) < 4.78 is 4.28. The highest BCUT2D eigenvalue weighted by atomic mass is 15.1. The van der Waals surface area contributed by atoms with Gasteiger partial charge in [0.05, 0.1) is 12.9 Å². The molecule has 0 aliphatic heterocycles. The summed E-state index contributed by atoms with van der Waals surface area (Å²) in [4.78, 5) is 13.7. The SMILES string of the molecule is CCc1nc2cc(C)c(C)nc2n1Cc1ccc(C=CCn2ccnc2)cc1. The van der Waals surface area contributed by atoms with Crippen LogP contribution in [-0.4, -0.2) is 24.1 Å². The van der Waals surface area contributed by atoms with E-state index >= 15 is 0 Å². The Kier molecular flexibility index (Phi) is 5.06. The van der Waals surface area contributed by atoms with Crippen molar-refractivity contribution >= 4 is 17.2 Å². The molecule has 0 fully saturated rings. The number of allylic oxidation sites excluding steroid dienone is 1. The van der Waals surface area contributed by atoms with Crippen molar-refractivity contribution in [3.05, 3.63) is 83.3 Å². The first kappa shape index (κ1) is 18.2. The Labute approximate surface area is 165 Å². The van der Waals surface area contributed by atoms with Crippen molar-refractivity contribution in [1.82, 2.24) is 24.1 Å². The van der Waals surface area contributed by atoms with Crippen LogP contribution < -0.4 is 0 Å². The van der Waals surface area contributed by atoms with Crippen molar-refractivity contribution < 1.29 is 0 Å². The first-order valence-electron chi connectivity index (χ1n) is 9.68. The second kappa shape index (κ2) is 7.80. The first-order chi connectivity index (χ1) is 13.6. The molecule has 5 heteroatoms. The Morgan fingerprint density at radius 1 is 1.07 bits per heavy atom. The average Bonchev–Trinajstić information content (AvgIpc) is 3.32. The van der Waals surface area contributed by atoms with Gasteiger partial charge in [-0.05, 0) is 36.6 Å². The van der Waals surface area contributed by atoms with Crippen LogP contribution in [0.3, 0.4) is 0 Å². The van der Waals surface area contributed by atoms with Crippen molar-refractivity contribution in [1.29, 1.82) is 0 Å². The summed E-state index contributed by atoms with van der Waals surface area (Å²) in [7, 11) is 0. The van der Waals surface area contributed by atoms with Gasteiger partial charge in [-0.1, -0.05) is 43.3 Å². The number of nitrogens with zero attached hydrogens (tertiary/aromatic N) is 5. The summed E-state index contributed by atoms with van der Waals surface area (Å²) in [6, 6.07) is 10.8. The number of aryl methyl sites for hydroxylation is 3. The molecule has 0 N–H and O–H groups in total. The zero-order valence-electron chi connectivity index (χ0n) is 16.6. The molecule has 28 heavy (non-hydrogen) atoms. The third kappa shape index (κ3) is 3.74. The highest BCUT2D eigenvalue weighted by Gasteiger charge is 2.12. The maximum absolute atomic E-state index is 4.80. The van der Waals surface area contributed by atoms with E-state index in [9.17, 15) is 0 Å². The summed E-state index contributed by atoms with van der Waals surface area (Å²) in [5, 5.41) is 0. The maximum Gasteiger partial charge on any atom is 0.160 e. The number of benzene rings is 1. The van der Waals surface area contributed by atoms with Gasteiger partial charge >= 0.3 is 0 Å². The lowest BCUT2D eigenvalue weighted by atomic mass is 10.1. The van der Waals surface area contributed by atoms with Crippen molar-refractivity contribution in [2.24, 2.45) is 0 Å². The second-order valence-corrected chi connectivity index (χ2v) is 7.10. The van der Waals surface area contributed by atoms with Crippen molar-refractivity contribution in [2.45, 2.75) is 40.3 Å². The topological polar surface area (TPSA) is 48.5 Å². The van der Waals surface area contributed by atoms with Gasteiger partial charge < -0.3 is 9.13 Å². The van der Waals surface area contributed by atoms with E-state index in [4.69, 9.17) is 9.97 Å². The van der Waals surface area contributed by atoms with Gasteiger partial charge in [-0.2, -0.15) is 0 Å². The van der Waals surface area contributed by atoms with Gasteiger partial charge in [0.2, 0.25) is 0 Å². The Bertz CT molecular complexity index is 1100. The van der Waals surface area contributed by atoms with E-state index in [2.05, 4.69) is 72.8 Å². The molecule has 0 radical (unpaired) electrons. The van der Waals surface area contributed by atoms with Crippen molar-refractivity contribution in [3.8, 4) is 0 Å². The number of hydrogen-bond donors (Lipinski definition) is 0. The van der Waals surface area contributed by atoms with E-state index in [1.807, 2.05) is 17.1 Å². The summed E-state index contributed by atoms with van der Waals surface area (Å²) in [6.45, 7) is 7.90. The molecule has 0 saturated carbocycles. The maximum atomic E-state index is 4.80. The van der Waals surface area contributed by atoms with E-state index in [0.29, 0.717) is 0 Å². The molecular weight excluding hydrogens is 346 g/mol. The predicted octanol–water partition coefficient (Wildman–Crippen LogP) is 4.57. The van der Waals surface area contributed by atoms with Gasteiger partial charge in [0.25, 0.3) is 0 Å². The monoisotopic (exact) mass is 371 g/mol. The van der Waals surface area contributed by atoms with Gasteiger partial charge in [-0.15, -0.1) is 0 Å². The molecule has 0 aliphatic rings. The third-order valence-electron chi connectivity index (χ3n) is 5.07. The number of imidazole rings is 2. The van der Waals surface area contributed by atoms with Crippen LogP contribution in [-0.2, 0) is 19.5 Å². The molecular formula is C23H25N5. The lowest BCUT2D eigenvalue weighted by Gasteiger charge is -2.09. The fraction of sp³-hybridized carbons (Fsp3) is 0.261. The predicted molar refractivity (Wildman–Crippen MR) is 113 cm³/mol. The number of fused-ring (bicyclic) bond motifs is 1. The lowest BCUT2D eigenvalue weighted by molar-refractivity contribution is 0.745. The minimum atomic E-state index is 0.786. The normalized spacial score (nSPS) is 11.7. The van der Waals surface area contributed by atoms with Gasteiger partial charge in [0.15, 0.2) is 5.65 Å². The van der Waals surface area contributed by atoms with E-state index < -0.39 is 0 Å². The minimum absolute atomic E-state index is 0.786. The van der Waals surface area contributed by atoms with Gasteiger partial charge in [0, 0.05) is 31.1 Å². The molecule has 0 bridgehead atoms. The van der Waals surface area contributed by atoms with E-state index in [1.165, 1.54) is 16.7 Å². The summed E-state index contributed by atoms with van der Waals surface area (Å²) in [5.41, 5.74) is 6.66. The number of rotatable bonds is 6. The smallest absolute Gasteiger partial charge is 0.160 e. The highest BCUT2D eigenvalue weighted by Crippen LogP contribution is 2.20. The fourth-order valence-corrected chi connectivity index (χ4v) is 3.34. The zero-order chi connectivity index (χ0) is 19.5. The van der Waals surface area contributed by atoms with E-state index in [1.54, 1.807) is 6.20 Å². The van der Waals surface area contributed by atoms with Crippen LogP contribution in [0.1, 0.15) is 35.1 Å². The van der Waals surface area contributed by atoms with Crippen LogP contribution in [0.25, 0.3) is 17.2 Å². The molecule has 0 amide bonds. The largest absolute Gasteiger partial charge is 0.334 e. The molecule has 3 aromatic heterocycles. The van der Waals surface area contributed by atoms with E-state index in [0.717, 1.165) is 42.2 Å². The highest BCUT2D eigenvalue weighted by molar-refractivity contribution is 5.73. The van der Waals surface area contributed by atoms with Gasteiger partial charge in [-0.25, -0.2) is 15.0 Å². The standard InChI is InChI=1S/C23H25N5/c1-4-22-26-21-14-17(2)18(3)25-23(21)28(22)15-20-9-7-19(8-10-20)6-5-12-27-13-11-24-16-27/h5-11,13-14,16H,4,12,15H2,1-3H3. The van der Waals surface area contributed by atoms with Crippen LogP contribution >= 0.6 is 0 Å².